The maximum Gasteiger partial charge on any atom is 0.342 e. The highest BCUT2D eigenvalue weighted by atomic mass is 32.2. The lowest BCUT2D eigenvalue weighted by Crippen LogP contribution is -2.55. The molecule has 21 heavy (non-hydrogen) atoms. The van der Waals surface area contributed by atoms with Gasteiger partial charge in [0.1, 0.15) is 11.6 Å². The first-order valence-corrected chi connectivity index (χ1v) is 7.83. The van der Waals surface area contributed by atoms with Gasteiger partial charge in [-0.15, -0.1) is 0 Å². The summed E-state index contributed by atoms with van der Waals surface area (Å²) in [6.07, 6.45) is 1.10. The van der Waals surface area contributed by atoms with Crippen molar-refractivity contribution in [3.63, 3.8) is 0 Å². The molecule has 0 radical (unpaired) electrons. The lowest BCUT2D eigenvalue weighted by Gasteiger charge is -2.31. The minimum atomic E-state index is -4.04. The average molecular weight is 316 g/mol. The van der Waals surface area contributed by atoms with Crippen molar-refractivity contribution in [2.24, 2.45) is 0 Å². The molecule has 0 aliphatic carbocycles. The lowest BCUT2D eigenvalue weighted by atomic mass is 10.2. The van der Waals surface area contributed by atoms with E-state index in [1.165, 1.54) is 6.92 Å². The molecule has 116 valence electrons. The maximum absolute atomic E-state index is 12.6. The molecule has 1 atom stereocenters. The summed E-state index contributed by atoms with van der Waals surface area (Å²) in [5.41, 5.74) is -0.171. The van der Waals surface area contributed by atoms with Gasteiger partial charge in [0.25, 0.3) is 10.0 Å². The third-order valence-corrected chi connectivity index (χ3v) is 5.05. The first-order chi connectivity index (χ1) is 9.89. The molecule has 1 aliphatic rings. The zero-order valence-corrected chi connectivity index (χ0v) is 12.4. The van der Waals surface area contributed by atoms with E-state index in [-0.39, 0.29) is 36.2 Å². The number of aromatic amines is 1. The monoisotopic (exact) mass is 316 g/mol. The molecule has 2 heterocycles. The number of nitrogens with zero attached hydrogens (tertiary/aromatic N) is 2. The largest absolute Gasteiger partial charge is 0.462 e. The molecule has 10 heteroatoms. The van der Waals surface area contributed by atoms with Crippen LogP contribution in [-0.4, -0.2) is 60.5 Å². The number of ether oxygens (including phenoxy) is 1. The highest BCUT2D eigenvalue weighted by Crippen LogP contribution is 2.21. The van der Waals surface area contributed by atoms with E-state index < -0.39 is 22.0 Å². The third-order valence-electron chi connectivity index (χ3n) is 3.11. The number of piperazine rings is 1. The van der Waals surface area contributed by atoms with Gasteiger partial charge in [0, 0.05) is 13.1 Å². The van der Waals surface area contributed by atoms with Crippen LogP contribution in [0.25, 0.3) is 0 Å². The number of sulfonamides is 1. The number of amides is 1. The Bertz CT molecular complexity index is 653. The van der Waals surface area contributed by atoms with Crippen molar-refractivity contribution < 1.29 is 22.7 Å². The van der Waals surface area contributed by atoms with Gasteiger partial charge in [0.05, 0.1) is 12.8 Å². The van der Waals surface area contributed by atoms with Crippen LogP contribution < -0.4 is 5.32 Å². The Morgan fingerprint density at radius 2 is 2.29 bits per heavy atom. The van der Waals surface area contributed by atoms with E-state index in [0.29, 0.717) is 0 Å². The van der Waals surface area contributed by atoms with Gasteiger partial charge in [-0.25, -0.2) is 13.2 Å². The van der Waals surface area contributed by atoms with E-state index in [4.69, 9.17) is 4.74 Å². The summed E-state index contributed by atoms with van der Waals surface area (Å²) in [6.45, 7) is 3.55. The van der Waals surface area contributed by atoms with Crippen molar-refractivity contribution in [2.75, 3.05) is 19.7 Å². The quantitative estimate of drug-likeness (QED) is 0.694. The van der Waals surface area contributed by atoms with Crippen LogP contribution in [0.15, 0.2) is 11.2 Å². The van der Waals surface area contributed by atoms with Crippen LogP contribution in [0.4, 0.5) is 0 Å². The SMILES string of the molecule is CCOC(=O)c1cn[nH]c1S(=O)(=O)N1CCNC(=O)C1C. The van der Waals surface area contributed by atoms with Crippen molar-refractivity contribution in [1.29, 1.82) is 0 Å². The predicted octanol–water partition coefficient (Wildman–Crippen LogP) is -0.905. The van der Waals surface area contributed by atoms with Gasteiger partial charge in [-0.1, -0.05) is 0 Å². The molecule has 0 aromatic carbocycles. The Labute approximate surface area is 121 Å². The first kappa shape index (κ1) is 15.4. The van der Waals surface area contributed by atoms with Crippen LogP contribution in [0.5, 0.6) is 0 Å². The topological polar surface area (TPSA) is 121 Å². The highest BCUT2D eigenvalue weighted by molar-refractivity contribution is 7.89. The van der Waals surface area contributed by atoms with Gasteiger partial charge in [-0.3, -0.25) is 9.89 Å². The Morgan fingerprint density at radius 1 is 1.57 bits per heavy atom. The van der Waals surface area contributed by atoms with Crippen LogP contribution in [0.1, 0.15) is 24.2 Å². The summed E-state index contributed by atoms with van der Waals surface area (Å²) < 4.78 is 31.0. The predicted molar refractivity (Wildman–Crippen MR) is 70.9 cm³/mol. The Morgan fingerprint density at radius 3 is 2.95 bits per heavy atom. The highest BCUT2D eigenvalue weighted by Gasteiger charge is 2.38. The summed E-state index contributed by atoms with van der Waals surface area (Å²) >= 11 is 0. The number of hydrogen-bond acceptors (Lipinski definition) is 6. The number of nitrogens with one attached hydrogen (secondary N) is 2. The van der Waals surface area contributed by atoms with Gasteiger partial charge in [0.2, 0.25) is 5.91 Å². The van der Waals surface area contributed by atoms with Gasteiger partial charge in [-0.05, 0) is 13.8 Å². The fourth-order valence-electron chi connectivity index (χ4n) is 2.03. The molecule has 1 aromatic rings. The number of carbonyl (C=O) groups is 2. The van der Waals surface area contributed by atoms with Crippen LogP contribution in [0.2, 0.25) is 0 Å². The van der Waals surface area contributed by atoms with Crippen LogP contribution in [0, 0.1) is 0 Å². The minimum absolute atomic E-state index is 0.117. The molecule has 1 fully saturated rings. The van der Waals surface area contributed by atoms with Crippen molar-refractivity contribution in [3.8, 4) is 0 Å². The number of rotatable bonds is 4. The summed E-state index contributed by atoms with van der Waals surface area (Å²) in [6, 6.07) is -0.859. The number of H-pyrrole nitrogens is 1. The summed E-state index contributed by atoms with van der Waals surface area (Å²) in [4.78, 5) is 23.4. The fourth-order valence-corrected chi connectivity index (χ4v) is 3.69. The molecule has 1 aromatic heterocycles. The van der Waals surface area contributed by atoms with Crippen molar-refractivity contribution in [1.82, 2.24) is 19.8 Å². The number of aromatic nitrogens is 2. The van der Waals surface area contributed by atoms with Crippen LogP contribution >= 0.6 is 0 Å². The molecule has 0 spiro atoms. The molecule has 1 aliphatic heterocycles. The zero-order chi connectivity index (χ0) is 15.6. The van der Waals surface area contributed by atoms with Gasteiger partial charge in [0.15, 0.2) is 5.03 Å². The summed E-state index contributed by atoms with van der Waals surface area (Å²) in [5.74, 6) is -1.17. The molecule has 0 saturated carbocycles. The molecule has 1 amide bonds. The third kappa shape index (κ3) is 2.76. The van der Waals surface area contributed by atoms with E-state index in [1.54, 1.807) is 6.92 Å². The van der Waals surface area contributed by atoms with E-state index in [1.807, 2.05) is 0 Å². The zero-order valence-electron chi connectivity index (χ0n) is 11.6. The minimum Gasteiger partial charge on any atom is -0.462 e. The normalized spacial score (nSPS) is 20.1. The summed E-state index contributed by atoms with van der Waals surface area (Å²) in [5, 5.41) is 8.12. The van der Waals surface area contributed by atoms with Gasteiger partial charge < -0.3 is 10.1 Å². The smallest absolute Gasteiger partial charge is 0.342 e. The Hall–Kier alpha value is -1.94. The molecular formula is C11H16N4O5S. The second-order valence-corrected chi connectivity index (χ2v) is 6.24. The van der Waals surface area contributed by atoms with Crippen LogP contribution in [-0.2, 0) is 19.6 Å². The molecule has 9 nitrogen and oxygen atoms in total. The van der Waals surface area contributed by atoms with E-state index in [0.717, 1.165) is 10.5 Å². The average Bonchev–Trinajstić information content (AvgIpc) is 2.92. The van der Waals surface area contributed by atoms with Crippen molar-refractivity contribution in [3.05, 3.63) is 11.8 Å². The molecular weight excluding hydrogens is 300 g/mol. The van der Waals surface area contributed by atoms with Gasteiger partial charge in [-0.2, -0.15) is 9.40 Å². The fraction of sp³-hybridized carbons (Fsp3) is 0.545. The second-order valence-electron chi connectivity index (χ2n) is 4.42. The van der Waals surface area contributed by atoms with Crippen LogP contribution in [0.3, 0.4) is 0 Å². The van der Waals surface area contributed by atoms with E-state index >= 15 is 0 Å². The lowest BCUT2D eigenvalue weighted by molar-refractivity contribution is -0.126. The Kier molecular flexibility index (Phi) is 4.28. The molecule has 1 saturated heterocycles. The molecule has 2 N–H and O–H groups in total. The standard InChI is InChI=1S/C11H16N4O5S/c1-3-20-11(17)8-6-13-14-10(8)21(18,19)15-5-4-12-9(16)7(15)2/h6-7H,3-5H2,1-2H3,(H,12,16)(H,13,14). The van der Waals surface area contributed by atoms with Crippen molar-refractivity contribution in [2.45, 2.75) is 24.9 Å². The number of hydrogen-bond donors (Lipinski definition) is 2. The first-order valence-electron chi connectivity index (χ1n) is 6.39. The molecule has 2 rings (SSSR count). The molecule has 1 unspecified atom stereocenters. The maximum atomic E-state index is 12.6. The number of esters is 1. The van der Waals surface area contributed by atoms with Gasteiger partial charge >= 0.3 is 5.97 Å². The molecule has 0 bridgehead atoms. The second kappa shape index (κ2) is 5.82. The van der Waals surface area contributed by atoms with E-state index in [2.05, 4.69) is 15.5 Å². The Balaban J connectivity index is 2.38. The van der Waals surface area contributed by atoms with E-state index in [9.17, 15) is 18.0 Å². The summed E-state index contributed by atoms with van der Waals surface area (Å²) in [7, 11) is -4.04. The number of carbonyl (C=O) groups excluding carboxylic acids is 2. The van der Waals surface area contributed by atoms with Crippen molar-refractivity contribution >= 4 is 21.9 Å².